The zero-order valence-electron chi connectivity index (χ0n) is 9.73. The Kier molecular flexibility index (Phi) is 5.19. The Balaban J connectivity index is 2.47. The Morgan fingerprint density at radius 1 is 1.60 bits per heavy atom. The topological polar surface area (TPSA) is 38.1 Å². The van der Waals surface area contributed by atoms with Crippen LogP contribution in [0.25, 0.3) is 0 Å². The molecule has 0 bridgehead atoms. The molecule has 0 fully saturated rings. The molecule has 0 saturated carbocycles. The summed E-state index contributed by atoms with van der Waals surface area (Å²) in [7, 11) is 1.95. The van der Waals surface area contributed by atoms with Crippen LogP contribution in [0.1, 0.15) is 32.4 Å². The van der Waals surface area contributed by atoms with Gasteiger partial charge >= 0.3 is 0 Å². The maximum Gasteiger partial charge on any atom is 0.167 e. The van der Waals surface area contributed by atoms with Crippen molar-refractivity contribution in [2.75, 3.05) is 5.75 Å². The Morgan fingerprint density at radius 2 is 2.33 bits per heavy atom. The summed E-state index contributed by atoms with van der Waals surface area (Å²) >= 11 is 1.77. The normalized spacial score (nSPS) is 13.1. The van der Waals surface area contributed by atoms with E-state index in [0.717, 1.165) is 22.5 Å². The highest BCUT2D eigenvalue weighted by molar-refractivity contribution is 7.99. The Labute approximate surface area is 95.9 Å². The van der Waals surface area contributed by atoms with Crippen LogP contribution in [0.15, 0.2) is 11.4 Å². The number of imidazole rings is 1. The van der Waals surface area contributed by atoms with E-state index in [2.05, 4.69) is 18.8 Å². The van der Waals surface area contributed by atoms with Crippen LogP contribution in [-0.2, 0) is 13.7 Å². The molecule has 4 heteroatoms. The minimum atomic E-state index is 0.0641. The molecular weight excluding hydrogens is 208 g/mol. The van der Waals surface area contributed by atoms with E-state index in [4.69, 9.17) is 5.11 Å². The first-order chi connectivity index (χ1) is 7.19. The lowest BCUT2D eigenvalue weighted by Gasteiger charge is -2.09. The van der Waals surface area contributed by atoms with E-state index in [1.54, 1.807) is 18.0 Å². The van der Waals surface area contributed by atoms with E-state index >= 15 is 0 Å². The molecule has 0 radical (unpaired) electrons. The van der Waals surface area contributed by atoms with Gasteiger partial charge in [0.15, 0.2) is 5.16 Å². The second-order valence-electron chi connectivity index (χ2n) is 3.95. The maximum atomic E-state index is 9.02. The monoisotopic (exact) mass is 228 g/mol. The first-order valence-corrected chi connectivity index (χ1v) is 6.41. The molecule has 1 heterocycles. The van der Waals surface area contributed by atoms with Gasteiger partial charge in [-0.3, -0.25) is 0 Å². The van der Waals surface area contributed by atoms with Crippen molar-refractivity contribution in [2.24, 2.45) is 13.0 Å². The van der Waals surface area contributed by atoms with Gasteiger partial charge in [-0.1, -0.05) is 38.5 Å². The van der Waals surface area contributed by atoms with E-state index < -0.39 is 0 Å². The summed E-state index contributed by atoms with van der Waals surface area (Å²) in [6, 6.07) is 0. The summed E-state index contributed by atoms with van der Waals surface area (Å²) < 4.78 is 1.96. The van der Waals surface area contributed by atoms with Crippen LogP contribution in [0.5, 0.6) is 0 Å². The van der Waals surface area contributed by atoms with Crippen molar-refractivity contribution < 1.29 is 5.11 Å². The molecule has 1 N–H and O–H groups in total. The van der Waals surface area contributed by atoms with Crippen molar-refractivity contribution >= 4 is 11.8 Å². The molecule has 3 nitrogen and oxygen atoms in total. The van der Waals surface area contributed by atoms with Gasteiger partial charge in [0.2, 0.25) is 0 Å². The van der Waals surface area contributed by atoms with E-state index in [1.807, 2.05) is 11.6 Å². The van der Waals surface area contributed by atoms with Gasteiger partial charge in [-0.05, 0) is 5.92 Å². The first-order valence-electron chi connectivity index (χ1n) is 5.43. The Morgan fingerprint density at radius 3 is 2.87 bits per heavy atom. The van der Waals surface area contributed by atoms with E-state index in [0.29, 0.717) is 0 Å². The number of thioether (sulfide) groups is 1. The zero-order valence-corrected chi connectivity index (χ0v) is 10.5. The number of rotatable bonds is 6. The molecule has 15 heavy (non-hydrogen) atoms. The summed E-state index contributed by atoms with van der Waals surface area (Å²) in [6.45, 7) is 4.55. The smallest absolute Gasteiger partial charge is 0.167 e. The van der Waals surface area contributed by atoms with E-state index in [1.165, 1.54) is 12.8 Å². The molecule has 0 aromatic carbocycles. The van der Waals surface area contributed by atoms with Gasteiger partial charge < -0.3 is 9.67 Å². The molecule has 1 atom stereocenters. The first kappa shape index (κ1) is 12.6. The van der Waals surface area contributed by atoms with Gasteiger partial charge in [0.25, 0.3) is 0 Å². The third kappa shape index (κ3) is 3.54. The van der Waals surface area contributed by atoms with Crippen molar-refractivity contribution in [3.63, 3.8) is 0 Å². The summed E-state index contributed by atoms with van der Waals surface area (Å²) in [6.07, 6.45) is 4.25. The summed E-state index contributed by atoms with van der Waals surface area (Å²) in [5.74, 6) is 1.83. The molecule has 1 aromatic heterocycles. The molecule has 1 aromatic rings. The highest BCUT2D eigenvalue weighted by Crippen LogP contribution is 2.21. The van der Waals surface area contributed by atoms with Gasteiger partial charge in [-0.15, -0.1) is 0 Å². The lowest BCUT2D eigenvalue weighted by atomic mass is 10.1. The highest BCUT2D eigenvalue weighted by atomic mass is 32.2. The largest absolute Gasteiger partial charge is 0.390 e. The Hall–Kier alpha value is -0.480. The van der Waals surface area contributed by atoms with Crippen LogP contribution in [0, 0.1) is 5.92 Å². The molecule has 0 saturated heterocycles. The third-order valence-electron chi connectivity index (χ3n) is 2.48. The highest BCUT2D eigenvalue weighted by Gasteiger charge is 2.08. The molecule has 0 aliphatic carbocycles. The van der Waals surface area contributed by atoms with Gasteiger partial charge in [0.1, 0.15) is 0 Å². The van der Waals surface area contributed by atoms with Gasteiger partial charge in [0, 0.05) is 12.8 Å². The van der Waals surface area contributed by atoms with Crippen LogP contribution in [0.4, 0.5) is 0 Å². The molecule has 0 spiro atoms. The van der Waals surface area contributed by atoms with Gasteiger partial charge in [-0.2, -0.15) is 0 Å². The number of aromatic nitrogens is 2. The van der Waals surface area contributed by atoms with E-state index in [-0.39, 0.29) is 6.61 Å². The Bertz CT molecular complexity index is 299. The quantitative estimate of drug-likeness (QED) is 0.760. The second kappa shape index (κ2) is 6.18. The van der Waals surface area contributed by atoms with E-state index in [9.17, 15) is 0 Å². The third-order valence-corrected chi connectivity index (χ3v) is 3.86. The van der Waals surface area contributed by atoms with Crippen LogP contribution in [0.3, 0.4) is 0 Å². The molecular formula is C11H20N2OS. The number of aliphatic hydroxyl groups excluding tert-OH is 1. The van der Waals surface area contributed by atoms with Crippen molar-refractivity contribution in [1.82, 2.24) is 9.55 Å². The summed E-state index contributed by atoms with van der Waals surface area (Å²) in [4.78, 5) is 4.28. The number of hydrogen-bond donors (Lipinski definition) is 1. The van der Waals surface area contributed by atoms with Crippen molar-refractivity contribution in [1.29, 1.82) is 0 Å². The lowest BCUT2D eigenvalue weighted by molar-refractivity contribution is 0.271. The molecule has 1 rings (SSSR count). The average molecular weight is 228 g/mol. The molecule has 0 amide bonds. The number of hydrogen-bond acceptors (Lipinski definition) is 3. The average Bonchev–Trinajstić information content (AvgIpc) is 2.57. The van der Waals surface area contributed by atoms with Crippen LogP contribution in [-0.4, -0.2) is 20.4 Å². The van der Waals surface area contributed by atoms with Gasteiger partial charge in [-0.25, -0.2) is 4.98 Å². The van der Waals surface area contributed by atoms with Crippen molar-refractivity contribution in [3.8, 4) is 0 Å². The zero-order chi connectivity index (χ0) is 11.3. The summed E-state index contributed by atoms with van der Waals surface area (Å²) in [5.41, 5.74) is 0.876. The fraction of sp³-hybridized carbons (Fsp3) is 0.727. The fourth-order valence-corrected chi connectivity index (χ4v) is 2.54. The maximum absolute atomic E-state index is 9.02. The molecule has 1 unspecified atom stereocenters. The minimum absolute atomic E-state index is 0.0641. The predicted octanol–water partition coefficient (Wildman–Crippen LogP) is 2.44. The van der Waals surface area contributed by atoms with Crippen molar-refractivity contribution in [2.45, 2.75) is 38.5 Å². The standard InChI is InChI=1S/C11H20N2OS/c1-4-5-9(2)8-15-11-12-6-10(7-14)13(11)3/h6,9,14H,4-5,7-8H2,1-3H3. The van der Waals surface area contributed by atoms with Crippen LogP contribution < -0.4 is 0 Å². The second-order valence-corrected chi connectivity index (χ2v) is 4.94. The van der Waals surface area contributed by atoms with Crippen LogP contribution in [0.2, 0.25) is 0 Å². The predicted molar refractivity (Wildman–Crippen MR) is 63.9 cm³/mol. The minimum Gasteiger partial charge on any atom is -0.390 e. The number of aliphatic hydroxyl groups is 1. The lowest BCUT2D eigenvalue weighted by Crippen LogP contribution is -2.01. The fourth-order valence-electron chi connectivity index (χ4n) is 1.50. The van der Waals surface area contributed by atoms with Gasteiger partial charge in [0.05, 0.1) is 18.5 Å². The van der Waals surface area contributed by atoms with Crippen molar-refractivity contribution in [3.05, 3.63) is 11.9 Å². The molecule has 86 valence electrons. The van der Waals surface area contributed by atoms with Crippen LogP contribution >= 0.6 is 11.8 Å². The molecule has 0 aliphatic heterocycles. The summed E-state index contributed by atoms with van der Waals surface area (Å²) in [5, 5.41) is 10.0. The SMILES string of the molecule is CCCC(C)CSc1ncc(CO)n1C. The molecule has 0 aliphatic rings. The number of nitrogens with zero attached hydrogens (tertiary/aromatic N) is 2.